The molecule has 0 spiro atoms. The summed E-state index contributed by atoms with van der Waals surface area (Å²) in [5, 5.41) is 8.90. The molecule has 2 N–H and O–H groups in total. The van der Waals surface area contributed by atoms with E-state index in [4.69, 9.17) is 11.6 Å². The minimum atomic E-state index is -0.307. The van der Waals surface area contributed by atoms with Crippen LogP contribution in [0.4, 0.5) is 11.5 Å². The fourth-order valence-electron chi connectivity index (χ4n) is 3.07. The minimum absolute atomic E-state index is 0.222. The number of rotatable bonds is 7. The van der Waals surface area contributed by atoms with Gasteiger partial charge in [-0.3, -0.25) is 9.78 Å². The Morgan fingerprint density at radius 2 is 1.94 bits per heavy atom. The lowest BCUT2D eigenvalue weighted by atomic mass is 10.00. The Balaban J connectivity index is 1.58. The predicted octanol–water partition coefficient (Wildman–Crippen LogP) is 5.35. The van der Waals surface area contributed by atoms with Gasteiger partial charge in [0.25, 0.3) is 5.91 Å². The molecule has 1 atom stereocenters. The molecule has 1 aromatic carbocycles. The maximum absolute atomic E-state index is 12.7. The standard InChI is InChI=1S/C23H20ClN5OS/c1-15-7-8-18(14-26-15)28-21-19(24)12-17(13-27-21)20(11-16-5-3-2-4-6-16)29-22(30)23-25-9-10-31-23/h2-10,12-14,20H,11H2,1H3,(H,27,28)(H,29,30)/t20-/m1/s1. The Labute approximate surface area is 189 Å². The van der Waals surface area contributed by atoms with E-state index >= 15 is 0 Å². The molecule has 31 heavy (non-hydrogen) atoms. The summed E-state index contributed by atoms with van der Waals surface area (Å²) < 4.78 is 0. The monoisotopic (exact) mass is 449 g/mol. The van der Waals surface area contributed by atoms with E-state index in [2.05, 4.69) is 25.6 Å². The molecular weight excluding hydrogens is 430 g/mol. The van der Waals surface area contributed by atoms with Gasteiger partial charge in [0.15, 0.2) is 5.01 Å². The van der Waals surface area contributed by atoms with E-state index < -0.39 is 0 Å². The summed E-state index contributed by atoms with van der Waals surface area (Å²) in [5.41, 5.74) is 3.63. The highest BCUT2D eigenvalue weighted by atomic mass is 35.5. The van der Waals surface area contributed by atoms with Crippen LogP contribution >= 0.6 is 22.9 Å². The van der Waals surface area contributed by atoms with Crippen LogP contribution in [0, 0.1) is 6.92 Å². The van der Waals surface area contributed by atoms with Gasteiger partial charge in [0.1, 0.15) is 5.82 Å². The molecule has 0 bridgehead atoms. The molecule has 156 valence electrons. The third-order valence-corrected chi connectivity index (χ3v) is 5.71. The summed E-state index contributed by atoms with van der Waals surface area (Å²) in [6, 6.07) is 15.3. The SMILES string of the molecule is Cc1ccc(Nc2ncc([C@@H](Cc3ccccc3)NC(=O)c3nccs3)cc2Cl)cn1. The maximum Gasteiger partial charge on any atom is 0.280 e. The van der Waals surface area contributed by atoms with Gasteiger partial charge in [0.2, 0.25) is 0 Å². The Morgan fingerprint density at radius 1 is 1.10 bits per heavy atom. The fraction of sp³-hybridized carbons (Fsp3) is 0.130. The van der Waals surface area contributed by atoms with E-state index in [9.17, 15) is 4.79 Å². The molecule has 4 rings (SSSR count). The molecule has 0 aliphatic carbocycles. The van der Waals surface area contributed by atoms with E-state index in [1.807, 2.05) is 55.5 Å². The molecule has 0 aliphatic rings. The van der Waals surface area contributed by atoms with Gasteiger partial charge in [-0.25, -0.2) is 9.97 Å². The summed E-state index contributed by atoms with van der Waals surface area (Å²) in [4.78, 5) is 25.5. The van der Waals surface area contributed by atoms with Gasteiger partial charge in [0.05, 0.1) is 22.9 Å². The van der Waals surface area contributed by atoms with Crippen LogP contribution in [0.3, 0.4) is 0 Å². The Bertz CT molecular complexity index is 1150. The number of nitrogens with zero attached hydrogens (tertiary/aromatic N) is 3. The zero-order chi connectivity index (χ0) is 21.6. The molecular formula is C23H20ClN5OS. The van der Waals surface area contributed by atoms with Gasteiger partial charge in [-0.15, -0.1) is 11.3 Å². The van der Waals surface area contributed by atoms with Crippen LogP contribution in [0.2, 0.25) is 5.02 Å². The molecule has 4 aromatic rings. The van der Waals surface area contributed by atoms with Gasteiger partial charge in [-0.1, -0.05) is 41.9 Å². The normalized spacial score (nSPS) is 11.7. The third kappa shape index (κ3) is 5.45. The number of hydrogen-bond acceptors (Lipinski definition) is 6. The maximum atomic E-state index is 12.7. The number of anilines is 2. The topological polar surface area (TPSA) is 79.8 Å². The summed E-state index contributed by atoms with van der Waals surface area (Å²) in [6.07, 6.45) is 5.68. The molecule has 0 saturated heterocycles. The van der Waals surface area contributed by atoms with Gasteiger partial charge in [0, 0.05) is 23.5 Å². The second kappa shape index (κ2) is 9.68. The van der Waals surface area contributed by atoms with Crippen LogP contribution in [0.5, 0.6) is 0 Å². The second-order valence-electron chi connectivity index (χ2n) is 6.97. The average Bonchev–Trinajstić information content (AvgIpc) is 3.32. The van der Waals surface area contributed by atoms with Crippen molar-refractivity contribution in [1.29, 1.82) is 0 Å². The highest BCUT2D eigenvalue weighted by Crippen LogP contribution is 2.28. The molecule has 0 aliphatic heterocycles. The average molecular weight is 450 g/mol. The summed E-state index contributed by atoms with van der Waals surface area (Å²) in [6.45, 7) is 1.93. The number of hydrogen-bond donors (Lipinski definition) is 2. The van der Waals surface area contributed by atoms with Crippen molar-refractivity contribution < 1.29 is 4.79 Å². The molecule has 0 fully saturated rings. The highest BCUT2D eigenvalue weighted by molar-refractivity contribution is 7.11. The molecule has 0 unspecified atom stereocenters. The lowest BCUT2D eigenvalue weighted by Gasteiger charge is -2.20. The lowest BCUT2D eigenvalue weighted by molar-refractivity contribution is 0.0936. The first-order valence-corrected chi connectivity index (χ1v) is 10.9. The number of thiazole rings is 1. The zero-order valence-corrected chi connectivity index (χ0v) is 18.3. The molecule has 1 amide bonds. The van der Waals surface area contributed by atoms with Crippen LogP contribution in [-0.2, 0) is 6.42 Å². The van der Waals surface area contributed by atoms with Crippen molar-refractivity contribution >= 4 is 40.4 Å². The third-order valence-electron chi connectivity index (χ3n) is 4.65. The van der Waals surface area contributed by atoms with Crippen molar-refractivity contribution in [3.63, 3.8) is 0 Å². The summed E-state index contributed by atoms with van der Waals surface area (Å²) in [7, 11) is 0. The van der Waals surface area contributed by atoms with Gasteiger partial charge >= 0.3 is 0 Å². The number of amides is 1. The summed E-state index contributed by atoms with van der Waals surface area (Å²) >= 11 is 7.83. The van der Waals surface area contributed by atoms with Crippen molar-refractivity contribution in [2.24, 2.45) is 0 Å². The van der Waals surface area contributed by atoms with E-state index in [-0.39, 0.29) is 11.9 Å². The molecule has 6 nitrogen and oxygen atoms in total. The van der Waals surface area contributed by atoms with E-state index in [1.165, 1.54) is 11.3 Å². The number of aromatic nitrogens is 3. The smallest absolute Gasteiger partial charge is 0.280 e. The Hall–Kier alpha value is -3.29. The van der Waals surface area contributed by atoms with Gasteiger partial charge in [-0.05, 0) is 42.7 Å². The number of carbonyl (C=O) groups excluding carboxylic acids is 1. The molecule has 3 heterocycles. The minimum Gasteiger partial charge on any atom is -0.343 e. The van der Waals surface area contributed by atoms with E-state index in [0.717, 1.165) is 22.5 Å². The number of aryl methyl sites for hydroxylation is 1. The second-order valence-corrected chi connectivity index (χ2v) is 8.27. The van der Waals surface area contributed by atoms with Crippen LogP contribution in [-0.4, -0.2) is 20.9 Å². The number of nitrogens with one attached hydrogen (secondary N) is 2. The number of halogens is 1. The highest BCUT2D eigenvalue weighted by Gasteiger charge is 2.19. The van der Waals surface area contributed by atoms with Crippen molar-refractivity contribution in [2.75, 3.05) is 5.32 Å². The zero-order valence-electron chi connectivity index (χ0n) is 16.7. The van der Waals surface area contributed by atoms with Crippen molar-refractivity contribution in [2.45, 2.75) is 19.4 Å². The molecule has 0 radical (unpaired) electrons. The molecule has 3 aromatic heterocycles. The quantitative estimate of drug-likeness (QED) is 0.397. The van der Waals surface area contributed by atoms with E-state index in [0.29, 0.717) is 22.3 Å². The molecule has 8 heteroatoms. The number of benzene rings is 1. The number of pyridine rings is 2. The Morgan fingerprint density at radius 3 is 2.61 bits per heavy atom. The largest absolute Gasteiger partial charge is 0.343 e. The first kappa shape index (κ1) is 21.0. The van der Waals surface area contributed by atoms with Crippen molar-refractivity contribution in [1.82, 2.24) is 20.3 Å². The predicted molar refractivity (Wildman–Crippen MR) is 124 cm³/mol. The fourth-order valence-corrected chi connectivity index (χ4v) is 3.83. The van der Waals surface area contributed by atoms with Crippen LogP contribution in [0.15, 0.2) is 72.5 Å². The first-order valence-electron chi connectivity index (χ1n) is 9.68. The van der Waals surface area contributed by atoms with Crippen LogP contribution in [0.1, 0.15) is 32.7 Å². The number of carbonyl (C=O) groups is 1. The van der Waals surface area contributed by atoms with Crippen LogP contribution in [0.25, 0.3) is 0 Å². The van der Waals surface area contributed by atoms with Gasteiger partial charge in [-0.2, -0.15) is 0 Å². The van der Waals surface area contributed by atoms with Gasteiger partial charge < -0.3 is 10.6 Å². The summed E-state index contributed by atoms with van der Waals surface area (Å²) in [5.74, 6) is 0.306. The lowest BCUT2D eigenvalue weighted by Crippen LogP contribution is -2.30. The molecule has 0 saturated carbocycles. The van der Waals surface area contributed by atoms with Crippen molar-refractivity contribution in [3.05, 3.63) is 99.4 Å². The van der Waals surface area contributed by atoms with Crippen LogP contribution < -0.4 is 10.6 Å². The van der Waals surface area contributed by atoms with E-state index in [1.54, 1.807) is 24.0 Å². The first-order chi connectivity index (χ1) is 15.1. The Kier molecular flexibility index (Phi) is 6.54. The van der Waals surface area contributed by atoms with Crippen molar-refractivity contribution in [3.8, 4) is 0 Å².